The molecule has 0 aliphatic rings. The van der Waals surface area contributed by atoms with Crippen LogP contribution in [0.15, 0.2) is 54.6 Å². The maximum Gasteiger partial charge on any atom is 0.394 e. The Bertz CT molecular complexity index is 869. The van der Waals surface area contributed by atoms with Crippen LogP contribution in [0.3, 0.4) is 0 Å². The van der Waals surface area contributed by atoms with Gasteiger partial charge in [-0.05, 0) is 43.3 Å². The van der Waals surface area contributed by atoms with Crippen LogP contribution in [-0.4, -0.2) is 15.9 Å². The minimum absolute atomic E-state index is 0.0460. The van der Waals surface area contributed by atoms with Gasteiger partial charge in [0.1, 0.15) is 11.6 Å². The number of ether oxygens (including phenoxy) is 1. The van der Waals surface area contributed by atoms with Crippen molar-refractivity contribution in [2.75, 3.05) is 0 Å². The second-order valence-electron chi connectivity index (χ2n) is 5.50. The first-order chi connectivity index (χ1) is 11.3. The van der Waals surface area contributed by atoms with Crippen molar-refractivity contribution in [3.63, 3.8) is 0 Å². The van der Waals surface area contributed by atoms with Gasteiger partial charge in [0.2, 0.25) is 0 Å². The van der Waals surface area contributed by atoms with Crippen LogP contribution in [0.2, 0.25) is 0 Å². The molecular formula is C18H15F3N2O. The van der Waals surface area contributed by atoms with Crippen molar-refractivity contribution in [2.45, 2.75) is 20.0 Å². The van der Waals surface area contributed by atoms with Gasteiger partial charge in [0.05, 0.1) is 17.1 Å². The number of aryl methyl sites for hydroxylation is 1. The van der Waals surface area contributed by atoms with E-state index in [9.17, 15) is 13.2 Å². The molecule has 0 N–H and O–H groups in total. The molecule has 3 aromatic rings. The number of nitrogens with zero attached hydrogens (tertiary/aromatic N) is 2. The normalized spacial score (nSPS) is 11.5. The van der Waals surface area contributed by atoms with Gasteiger partial charge in [-0.2, -0.15) is 13.9 Å². The minimum Gasteiger partial charge on any atom is -0.433 e. The number of aromatic nitrogens is 2. The third kappa shape index (κ3) is 3.59. The lowest BCUT2D eigenvalue weighted by molar-refractivity contribution is -0.158. The Labute approximate surface area is 137 Å². The summed E-state index contributed by atoms with van der Waals surface area (Å²) in [7, 11) is 0. The fourth-order valence-electron chi connectivity index (χ4n) is 2.44. The van der Waals surface area contributed by atoms with Crippen molar-refractivity contribution in [3.05, 3.63) is 66.1 Å². The SMILES string of the molecule is Cc1cc(-c2cccc(OC(C)(F)F)c2)n(-c2cccc(F)c2)n1. The summed E-state index contributed by atoms with van der Waals surface area (Å²) in [5.74, 6) is -0.334. The number of alkyl halides is 2. The molecule has 0 aliphatic carbocycles. The molecule has 0 bridgehead atoms. The predicted octanol–water partition coefficient (Wildman–Crippen LogP) is 4.98. The summed E-state index contributed by atoms with van der Waals surface area (Å²) in [5.41, 5.74) is 2.57. The van der Waals surface area contributed by atoms with Gasteiger partial charge in [-0.15, -0.1) is 0 Å². The Balaban J connectivity index is 2.06. The average molecular weight is 332 g/mol. The highest BCUT2D eigenvalue weighted by molar-refractivity contribution is 5.64. The smallest absolute Gasteiger partial charge is 0.394 e. The lowest BCUT2D eigenvalue weighted by Crippen LogP contribution is -2.19. The minimum atomic E-state index is -3.27. The van der Waals surface area contributed by atoms with Gasteiger partial charge in [-0.3, -0.25) is 0 Å². The first-order valence-electron chi connectivity index (χ1n) is 7.32. The highest BCUT2D eigenvalue weighted by atomic mass is 19.3. The van der Waals surface area contributed by atoms with E-state index in [2.05, 4.69) is 9.84 Å². The van der Waals surface area contributed by atoms with E-state index in [1.165, 1.54) is 24.3 Å². The van der Waals surface area contributed by atoms with E-state index in [0.29, 0.717) is 23.9 Å². The summed E-state index contributed by atoms with van der Waals surface area (Å²) in [6.45, 7) is 2.49. The fraction of sp³-hybridized carbons (Fsp3) is 0.167. The lowest BCUT2D eigenvalue weighted by atomic mass is 10.1. The van der Waals surface area contributed by atoms with Crippen molar-refractivity contribution in [3.8, 4) is 22.7 Å². The van der Waals surface area contributed by atoms with Crippen molar-refractivity contribution in [1.29, 1.82) is 0 Å². The van der Waals surface area contributed by atoms with Gasteiger partial charge in [-0.25, -0.2) is 9.07 Å². The van der Waals surface area contributed by atoms with E-state index in [1.54, 1.807) is 41.9 Å². The zero-order chi connectivity index (χ0) is 17.3. The average Bonchev–Trinajstić information content (AvgIpc) is 2.88. The van der Waals surface area contributed by atoms with E-state index in [4.69, 9.17) is 0 Å². The quantitative estimate of drug-likeness (QED) is 0.674. The summed E-state index contributed by atoms with van der Waals surface area (Å²) in [6, 6.07) is 14.1. The van der Waals surface area contributed by atoms with Gasteiger partial charge in [0, 0.05) is 12.5 Å². The van der Waals surface area contributed by atoms with Crippen LogP contribution < -0.4 is 4.74 Å². The third-order valence-corrected chi connectivity index (χ3v) is 3.31. The van der Waals surface area contributed by atoms with Crippen molar-refractivity contribution < 1.29 is 17.9 Å². The first kappa shape index (κ1) is 16.1. The molecule has 0 amide bonds. The molecule has 3 rings (SSSR count). The largest absolute Gasteiger partial charge is 0.433 e. The molecule has 0 saturated heterocycles. The third-order valence-electron chi connectivity index (χ3n) is 3.31. The van der Waals surface area contributed by atoms with Gasteiger partial charge in [-0.1, -0.05) is 18.2 Å². The van der Waals surface area contributed by atoms with Crippen LogP contribution in [0.5, 0.6) is 5.75 Å². The first-order valence-corrected chi connectivity index (χ1v) is 7.32. The van der Waals surface area contributed by atoms with E-state index in [1.807, 2.05) is 0 Å². The van der Waals surface area contributed by atoms with E-state index < -0.39 is 6.11 Å². The van der Waals surface area contributed by atoms with Crippen LogP contribution in [-0.2, 0) is 0 Å². The number of halogens is 3. The maximum atomic E-state index is 13.5. The van der Waals surface area contributed by atoms with Crippen LogP contribution >= 0.6 is 0 Å². The summed E-state index contributed by atoms with van der Waals surface area (Å²) in [6.07, 6.45) is -3.27. The zero-order valence-electron chi connectivity index (χ0n) is 13.1. The molecule has 0 fully saturated rings. The van der Waals surface area contributed by atoms with Crippen LogP contribution in [0.1, 0.15) is 12.6 Å². The molecular weight excluding hydrogens is 317 g/mol. The van der Waals surface area contributed by atoms with Gasteiger partial charge >= 0.3 is 6.11 Å². The zero-order valence-corrected chi connectivity index (χ0v) is 13.1. The number of hydrogen-bond donors (Lipinski definition) is 0. The molecule has 0 radical (unpaired) electrons. The molecule has 1 aromatic heterocycles. The fourth-order valence-corrected chi connectivity index (χ4v) is 2.44. The number of rotatable bonds is 4. The molecule has 3 nitrogen and oxygen atoms in total. The van der Waals surface area contributed by atoms with Crippen LogP contribution in [0.25, 0.3) is 16.9 Å². The number of hydrogen-bond acceptors (Lipinski definition) is 2. The van der Waals surface area contributed by atoms with E-state index in [-0.39, 0.29) is 11.6 Å². The molecule has 1 heterocycles. The Kier molecular flexibility index (Phi) is 4.05. The summed E-state index contributed by atoms with van der Waals surface area (Å²) in [5, 5.41) is 4.36. The summed E-state index contributed by atoms with van der Waals surface area (Å²) < 4.78 is 45.8. The molecule has 2 aromatic carbocycles. The van der Waals surface area contributed by atoms with Gasteiger partial charge in [0.15, 0.2) is 0 Å². The highest BCUT2D eigenvalue weighted by Crippen LogP contribution is 2.29. The Morgan fingerprint density at radius 3 is 2.50 bits per heavy atom. The monoisotopic (exact) mass is 332 g/mol. The Hall–Kier alpha value is -2.76. The second-order valence-corrected chi connectivity index (χ2v) is 5.50. The molecule has 0 saturated carbocycles. The molecule has 0 atom stereocenters. The van der Waals surface area contributed by atoms with Crippen LogP contribution in [0, 0.1) is 12.7 Å². The standard InChI is InChI=1S/C18H15F3N2O/c1-12-9-17(23(22-12)15-7-4-6-14(19)11-15)13-5-3-8-16(10-13)24-18(2,20)21/h3-11H,1-2H3. The van der Waals surface area contributed by atoms with Gasteiger partial charge in [0.25, 0.3) is 0 Å². The van der Waals surface area contributed by atoms with Gasteiger partial charge < -0.3 is 4.74 Å². The molecule has 24 heavy (non-hydrogen) atoms. The topological polar surface area (TPSA) is 27.1 Å². The molecule has 0 spiro atoms. The van der Waals surface area contributed by atoms with E-state index in [0.717, 1.165) is 5.69 Å². The van der Waals surface area contributed by atoms with Crippen molar-refractivity contribution >= 4 is 0 Å². The maximum absolute atomic E-state index is 13.5. The summed E-state index contributed by atoms with van der Waals surface area (Å²) >= 11 is 0. The Morgan fingerprint density at radius 2 is 1.79 bits per heavy atom. The van der Waals surface area contributed by atoms with Crippen molar-refractivity contribution in [1.82, 2.24) is 9.78 Å². The Morgan fingerprint density at radius 1 is 1.04 bits per heavy atom. The second kappa shape index (κ2) is 6.03. The van der Waals surface area contributed by atoms with Crippen molar-refractivity contribution in [2.24, 2.45) is 0 Å². The lowest BCUT2D eigenvalue weighted by Gasteiger charge is -2.14. The van der Waals surface area contributed by atoms with E-state index >= 15 is 0 Å². The number of benzene rings is 2. The highest BCUT2D eigenvalue weighted by Gasteiger charge is 2.23. The molecule has 6 heteroatoms. The molecule has 124 valence electrons. The molecule has 0 aliphatic heterocycles. The predicted molar refractivity (Wildman–Crippen MR) is 84.9 cm³/mol. The van der Waals surface area contributed by atoms with Crippen LogP contribution in [0.4, 0.5) is 13.2 Å². The molecule has 0 unspecified atom stereocenters. The summed E-state index contributed by atoms with van der Waals surface area (Å²) in [4.78, 5) is 0.